The number of carbonyl (C=O) groups is 1. The Morgan fingerprint density at radius 1 is 1.41 bits per heavy atom. The maximum absolute atomic E-state index is 11.9. The van der Waals surface area contributed by atoms with Crippen molar-refractivity contribution in [3.05, 3.63) is 24.3 Å². The van der Waals surface area contributed by atoms with Crippen molar-refractivity contribution >= 4 is 27.5 Å². The van der Waals surface area contributed by atoms with Crippen LogP contribution in [0.2, 0.25) is 0 Å². The molecule has 0 aliphatic heterocycles. The number of hydrogen-bond donors (Lipinski definition) is 0. The first-order valence-electron chi connectivity index (χ1n) is 6.96. The molecule has 1 aromatic rings. The molecule has 1 aromatic carbocycles. The van der Waals surface area contributed by atoms with Gasteiger partial charge in [-0.1, -0.05) is 6.07 Å². The van der Waals surface area contributed by atoms with Crippen LogP contribution >= 0.6 is 11.8 Å². The summed E-state index contributed by atoms with van der Waals surface area (Å²) < 4.78 is 28.5. The van der Waals surface area contributed by atoms with E-state index in [1.807, 2.05) is 13.2 Å². The number of carbonyl (C=O) groups excluding carboxylic acids is 1. The fourth-order valence-electron chi connectivity index (χ4n) is 1.81. The smallest absolute Gasteiger partial charge is 0.235 e. The highest BCUT2D eigenvalue weighted by Gasteiger charge is 2.15. The third kappa shape index (κ3) is 5.88. The zero-order valence-corrected chi connectivity index (χ0v) is 15.0. The fourth-order valence-corrected chi connectivity index (χ4v) is 2.85. The standard InChI is InChI=1S/C15H23NO4S2/c1-12(21-3)15(17)16(2)9-6-10-20-13-7-5-8-14(11-13)22(4,18)19/h5,7-8,11-12H,6,9-10H2,1-4H3. The number of amides is 1. The molecule has 0 saturated heterocycles. The monoisotopic (exact) mass is 345 g/mol. The maximum atomic E-state index is 11.9. The van der Waals surface area contributed by atoms with E-state index in [0.29, 0.717) is 25.3 Å². The van der Waals surface area contributed by atoms with Crippen LogP contribution < -0.4 is 4.74 Å². The first-order valence-corrected chi connectivity index (χ1v) is 10.1. The maximum Gasteiger partial charge on any atom is 0.235 e. The van der Waals surface area contributed by atoms with Crippen molar-refractivity contribution in [1.29, 1.82) is 0 Å². The van der Waals surface area contributed by atoms with Crippen molar-refractivity contribution in [1.82, 2.24) is 4.90 Å². The van der Waals surface area contributed by atoms with E-state index in [-0.39, 0.29) is 16.1 Å². The van der Waals surface area contributed by atoms with Gasteiger partial charge in [0.25, 0.3) is 0 Å². The van der Waals surface area contributed by atoms with Gasteiger partial charge >= 0.3 is 0 Å². The van der Waals surface area contributed by atoms with E-state index in [4.69, 9.17) is 4.74 Å². The van der Waals surface area contributed by atoms with Crippen LogP contribution in [0.1, 0.15) is 13.3 Å². The fraction of sp³-hybridized carbons (Fsp3) is 0.533. The first-order chi connectivity index (χ1) is 10.3. The molecule has 1 unspecified atom stereocenters. The van der Waals surface area contributed by atoms with E-state index in [1.165, 1.54) is 24.1 Å². The number of benzene rings is 1. The number of rotatable bonds is 8. The molecule has 1 atom stereocenters. The second kappa shape index (κ2) is 8.43. The highest BCUT2D eigenvalue weighted by molar-refractivity contribution is 7.99. The van der Waals surface area contributed by atoms with Crippen LogP contribution in [0.5, 0.6) is 5.75 Å². The summed E-state index contributed by atoms with van der Waals surface area (Å²) >= 11 is 1.52. The summed E-state index contributed by atoms with van der Waals surface area (Å²) in [6, 6.07) is 6.43. The van der Waals surface area contributed by atoms with Gasteiger partial charge in [0.1, 0.15) is 5.75 Å². The number of sulfone groups is 1. The van der Waals surface area contributed by atoms with E-state index in [9.17, 15) is 13.2 Å². The summed E-state index contributed by atoms with van der Waals surface area (Å²) in [5.41, 5.74) is 0. The van der Waals surface area contributed by atoms with Gasteiger partial charge < -0.3 is 9.64 Å². The molecular formula is C15H23NO4S2. The van der Waals surface area contributed by atoms with Crippen LogP contribution in [0.15, 0.2) is 29.2 Å². The summed E-state index contributed by atoms with van der Waals surface area (Å²) in [7, 11) is -1.45. The molecule has 0 bridgehead atoms. The van der Waals surface area contributed by atoms with Crippen LogP contribution in [-0.4, -0.2) is 57.2 Å². The second-order valence-corrected chi connectivity index (χ2v) is 8.28. The molecule has 0 radical (unpaired) electrons. The Bertz CT molecular complexity index is 601. The minimum Gasteiger partial charge on any atom is -0.493 e. The summed E-state index contributed by atoms with van der Waals surface area (Å²) in [6.07, 6.45) is 3.76. The molecule has 0 heterocycles. The van der Waals surface area contributed by atoms with Crippen LogP contribution in [-0.2, 0) is 14.6 Å². The Labute approximate surface area is 136 Å². The Balaban J connectivity index is 2.44. The van der Waals surface area contributed by atoms with Gasteiger partial charge in [-0.05, 0) is 37.8 Å². The Hall–Kier alpha value is -1.21. The van der Waals surface area contributed by atoms with Crippen LogP contribution in [0, 0.1) is 0 Å². The predicted molar refractivity (Wildman–Crippen MR) is 90.3 cm³/mol. The summed E-state index contributed by atoms with van der Waals surface area (Å²) in [4.78, 5) is 13.8. The average Bonchev–Trinajstić information content (AvgIpc) is 2.49. The van der Waals surface area contributed by atoms with Gasteiger partial charge in [-0.2, -0.15) is 11.8 Å². The zero-order valence-electron chi connectivity index (χ0n) is 13.4. The van der Waals surface area contributed by atoms with Crippen molar-refractivity contribution in [3.63, 3.8) is 0 Å². The zero-order chi connectivity index (χ0) is 16.8. The molecule has 22 heavy (non-hydrogen) atoms. The minimum atomic E-state index is -3.23. The molecule has 0 N–H and O–H groups in total. The molecule has 0 aliphatic rings. The lowest BCUT2D eigenvalue weighted by atomic mass is 10.3. The average molecular weight is 345 g/mol. The Morgan fingerprint density at radius 3 is 2.68 bits per heavy atom. The topological polar surface area (TPSA) is 63.7 Å². The third-order valence-corrected chi connectivity index (χ3v) is 5.24. The Morgan fingerprint density at radius 2 is 2.09 bits per heavy atom. The van der Waals surface area contributed by atoms with Crippen LogP contribution in [0.4, 0.5) is 0 Å². The molecule has 0 spiro atoms. The molecule has 0 fully saturated rings. The van der Waals surface area contributed by atoms with Crippen molar-refractivity contribution in [2.75, 3.05) is 32.7 Å². The van der Waals surface area contributed by atoms with E-state index < -0.39 is 9.84 Å². The minimum absolute atomic E-state index is 0.0441. The highest BCUT2D eigenvalue weighted by Crippen LogP contribution is 2.17. The molecular weight excluding hydrogens is 322 g/mol. The molecule has 124 valence electrons. The van der Waals surface area contributed by atoms with Gasteiger partial charge in [-0.15, -0.1) is 0 Å². The number of hydrogen-bond acceptors (Lipinski definition) is 5. The van der Waals surface area contributed by atoms with Crippen molar-refractivity contribution in [3.8, 4) is 5.75 Å². The highest BCUT2D eigenvalue weighted by atomic mass is 32.2. The number of ether oxygens (including phenoxy) is 1. The van der Waals surface area contributed by atoms with Gasteiger partial charge in [-0.3, -0.25) is 4.79 Å². The lowest BCUT2D eigenvalue weighted by molar-refractivity contribution is -0.129. The van der Waals surface area contributed by atoms with E-state index in [0.717, 1.165) is 0 Å². The lowest BCUT2D eigenvalue weighted by Crippen LogP contribution is -2.34. The molecule has 7 heteroatoms. The first kappa shape index (κ1) is 18.8. The molecule has 0 aromatic heterocycles. The summed E-state index contributed by atoms with van der Waals surface area (Å²) in [6.45, 7) is 2.92. The molecule has 1 amide bonds. The van der Waals surface area contributed by atoms with Gasteiger partial charge in [0, 0.05) is 19.8 Å². The molecule has 0 aliphatic carbocycles. The number of nitrogens with zero attached hydrogens (tertiary/aromatic N) is 1. The van der Waals surface area contributed by atoms with Crippen LogP contribution in [0.3, 0.4) is 0 Å². The molecule has 1 rings (SSSR count). The number of thioether (sulfide) groups is 1. The van der Waals surface area contributed by atoms with E-state index in [2.05, 4.69) is 0 Å². The van der Waals surface area contributed by atoms with Gasteiger partial charge in [-0.25, -0.2) is 8.42 Å². The van der Waals surface area contributed by atoms with Crippen molar-refractivity contribution in [2.24, 2.45) is 0 Å². The third-order valence-electron chi connectivity index (χ3n) is 3.22. The lowest BCUT2D eigenvalue weighted by Gasteiger charge is -2.20. The second-order valence-electron chi connectivity index (χ2n) is 5.09. The van der Waals surface area contributed by atoms with Crippen molar-refractivity contribution < 1.29 is 17.9 Å². The van der Waals surface area contributed by atoms with Crippen LogP contribution in [0.25, 0.3) is 0 Å². The molecule has 0 saturated carbocycles. The predicted octanol–water partition coefficient (Wildman–Crippen LogP) is 2.07. The van der Waals surface area contributed by atoms with Crippen molar-refractivity contribution in [2.45, 2.75) is 23.5 Å². The van der Waals surface area contributed by atoms with Gasteiger partial charge in [0.05, 0.1) is 16.8 Å². The summed E-state index contributed by atoms with van der Waals surface area (Å²) in [5.74, 6) is 0.626. The summed E-state index contributed by atoms with van der Waals surface area (Å²) in [5, 5.41) is -0.0441. The normalized spacial score (nSPS) is 12.7. The van der Waals surface area contributed by atoms with E-state index >= 15 is 0 Å². The van der Waals surface area contributed by atoms with Gasteiger partial charge in [0.15, 0.2) is 9.84 Å². The largest absolute Gasteiger partial charge is 0.493 e. The Kier molecular flexibility index (Phi) is 7.22. The van der Waals surface area contributed by atoms with Gasteiger partial charge in [0.2, 0.25) is 5.91 Å². The molecule has 5 nitrogen and oxygen atoms in total. The SMILES string of the molecule is CSC(C)C(=O)N(C)CCCOc1cccc(S(C)(=O)=O)c1. The van der Waals surface area contributed by atoms with E-state index in [1.54, 1.807) is 30.1 Å². The quantitative estimate of drug-likeness (QED) is 0.675.